The van der Waals surface area contributed by atoms with Crippen LogP contribution in [0.2, 0.25) is 0 Å². The normalized spacial score (nSPS) is 12.9. The number of thioether (sulfide) groups is 1. The van der Waals surface area contributed by atoms with Crippen molar-refractivity contribution >= 4 is 22.4 Å². The van der Waals surface area contributed by atoms with Gasteiger partial charge in [0.1, 0.15) is 0 Å². The smallest absolute Gasteiger partial charge is 0.0714 e. The van der Waals surface area contributed by atoms with Gasteiger partial charge in [-0.3, -0.25) is 5.32 Å². The minimum atomic E-state index is 1.07. The van der Waals surface area contributed by atoms with E-state index in [0.717, 1.165) is 5.69 Å². The van der Waals surface area contributed by atoms with Crippen LogP contribution >= 0.6 is 11.8 Å². The molecule has 0 N–H and O–H groups in total. The van der Waals surface area contributed by atoms with Gasteiger partial charge in [-0.2, -0.15) is 0 Å². The molecule has 16 heavy (non-hydrogen) atoms. The second kappa shape index (κ2) is 4.06. The molecule has 0 atom stereocenters. The monoisotopic (exact) mass is 224 g/mol. The molecule has 1 aliphatic heterocycles. The van der Waals surface area contributed by atoms with Crippen molar-refractivity contribution in [3.8, 4) is 0 Å². The quantitative estimate of drug-likeness (QED) is 0.751. The Morgan fingerprint density at radius 2 is 1.56 bits per heavy atom. The molecular weight excluding hydrogens is 214 g/mol. The summed E-state index contributed by atoms with van der Waals surface area (Å²) in [5, 5.41) is 4.39. The molecule has 0 saturated heterocycles. The van der Waals surface area contributed by atoms with E-state index in [4.69, 9.17) is 0 Å². The van der Waals surface area contributed by atoms with E-state index in [1.807, 2.05) is 24.4 Å². The molecular formula is C14H10NS. The molecule has 0 bridgehead atoms. The molecule has 77 valence electrons. The van der Waals surface area contributed by atoms with Crippen LogP contribution in [0.25, 0.3) is 4.91 Å². The number of benzene rings is 2. The maximum absolute atomic E-state index is 4.39. The fourth-order valence-corrected chi connectivity index (χ4v) is 2.62. The summed E-state index contributed by atoms with van der Waals surface area (Å²) in [4.78, 5) is 2.47. The van der Waals surface area contributed by atoms with E-state index in [-0.39, 0.29) is 0 Å². The van der Waals surface area contributed by atoms with E-state index in [2.05, 4.69) is 41.7 Å². The van der Waals surface area contributed by atoms with Crippen molar-refractivity contribution < 1.29 is 0 Å². The molecule has 0 spiro atoms. The minimum absolute atomic E-state index is 1.07. The van der Waals surface area contributed by atoms with Crippen LogP contribution in [0.3, 0.4) is 0 Å². The predicted octanol–water partition coefficient (Wildman–Crippen LogP) is 4.03. The lowest BCUT2D eigenvalue weighted by Gasteiger charge is -2.03. The Morgan fingerprint density at radius 3 is 2.44 bits per heavy atom. The van der Waals surface area contributed by atoms with E-state index in [1.165, 1.54) is 15.4 Å². The molecule has 1 radical (unpaired) electrons. The first-order valence-corrected chi connectivity index (χ1v) is 5.98. The Bertz CT molecular complexity index is 531. The average Bonchev–Trinajstić information content (AvgIpc) is 2.74. The zero-order chi connectivity index (χ0) is 10.8. The Hall–Kier alpha value is -1.67. The van der Waals surface area contributed by atoms with Crippen molar-refractivity contribution in [1.29, 1.82) is 0 Å². The van der Waals surface area contributed by atoms with Crippen molar-refractivity contribution in [2.45, 2.75) is 4.90 Å². The molecule has 1 nitrogen and oxygen atoms in total. The first kappa shape index (κ1) is 9.55. The second-order valence-electron chi connectivity index (χ2n) is 3.55. The van der Waals surface area contributed by atoms with Crippen LogP contribution in [0.4, 0.5) is 5.69 Å². The number of hydrogen-bond donors (Lipinski definition) is 0. The Kier molecular flexibility index (Phi) is 2.43. The highest BCUT2D eigenvalue weighted by atomic mass is 32.2. The highest BCUT2D eigenvalue weighted by Crippen LogP contribution is 2.40. The molecule has 2 aromatic carbocycles. The molecule has 0 aromatic heterocycles. The lowest BCUT2D eigenvalue weighted by molar-refractivity contribution is 1.22. The van der Waals surface area contributed by atoms with E-state index < -0.39 is 0 Å². The van der Waals surface area contributed by atoms with E-state index in [9.17, 15) is 0 Å². The van der Waals surface area contributed by atoms with Crippen LogP contribution in [0.5, 0.6) is 0 Å². The number of rotatable bonds is 2. The molecule has 1 heterocycles. The van der Waals surface area contributed by atoms with Gasteiger partial charge in [0.25, 0.3) is 0 Å². The maximum atomic E-state index is 4.39. The third-order valence-corrected chi connectivity index (χ3v) is 3.51. The first-order valence-electron chi connectivity index (χ1n) is 5.17. The van der Waals surface area contributed by atoms with E-state index in [1.54, 1.807) is 11.8 Å². The minimum Gasteiger partial charge on any atom is -0.255 e. The molecule has 0 saturated carbocycles. The Labute approximate surface area is 99.2 Å². The topological polar surface area (TPSA) is 14.1 Å². The van der Waals surface area contributed by atoms with Gasteiger partial charge in [0.2, 0.25) is 0 Å². The molecule has 0 unspecified atom stereocenters. The average molecular weight is 224 g/mol. The summed E-state index contributed by atoms with van der Waals surface area (Å²) in [6.07, 6.45) is 1.95. The third kappa shape index (κ3) is 1.72. The van der Waals surface area contributed by atoms with Crippen LogP contribution in [0.1, 0.15) is 5.56 Å². The zero-order valence-electron chi connectivity index (χ0n) is 8.63. The largest absolute Gasteiger partial charge is 0.255 e. The maximum Gasteiger partial charge on any atom is 0.0714 e. The van der Waals surface area contributed by atoms with Crippen LogP contribution in [-0.4, -0.2) is 0 Å². The predicted molar refractivity (Wildman–Crippen MR) is 68.5 cm³/mol. The number of para-hydroxylation sites is 1. The van der Waals surface area contributed by atoms with Crippen molar-refractivity contribution in [3.05, 3.63) is 66.4 Å². The van der Waals surface area contributed by atoms with Gasteiger partial charge in [-0.1, -0.05) is 48.2 Å². The van der Waals surface area contributed by atoms with E-state index >= 15 is 0 Å². The Balaban J connectivity index is 1.89. The molecule has 2 heteroatoms. The van der Waals surface area contributed by atoms with Crippen molar-refractivity contribution in [3.63, 3.8) is 0 Å². The summed E-state index contributed by atoms with van der Waals surface area (Å²) < 4.78 is 0. The van der Waals surface area contributed by atoms with Gasteiger partial charge in [0.15, 0.2) is 0 Å². The SMILES string of the molecule is C1=C(Sc2ccccc2)c2ccccc2[N]1. The van der Waals surface area contributed by atoms with Crippen LogP contribution in [0, 0.1) is 0 Å². The number of fused-ring (bicyclic) bond motifs is 1. The standard InChI is InChI=1S/C14H10NS/c1-2-6-11(7-3-1)16-14-10-15-13-9-5-4-8-12(13)14/h1-10H. The van der Waals surface area contributed by atoms with Gasteiger partial charge < -0.3 is 0 Å². The molecule has 1 aliphatic rings. The van der Waals surface area contributed by atoms with E-state index in [0.29, 0.717) is 0 Å². The second-order valence-corrected chi connectivity index (χ2v) is 4.67. The lowest BCUT2D eigenvalue weighted by Crippen LogP contribution is -1.79. The van der Waals surface area contributed by atoms with Gasteiger partial charge in [-0.15, -0.1) is 0 Å². The third-order valence-electron chi connectivity index (χ3n) is 2.46. The summed E-state index contributed by atoms with van der Waals surface area (Å²) in [6, 6.07) is 18.6. The highest BCUT2D eigenvalue weighted by Gasteiger charge is 2.14. The lowest BCUT2D eigenvalue weighted by atomic mass is 10.2. The molecule has 2 aromatic rings. The van der Waals surface area contributed by atoms with Gasteiger partial charge >= 0.3 is 0 Å². The van der Waals surface area contributed by atoms with Crippen LogP contribution in [0.15, 0.2) is 65.7 Å². The summed E-state index contributed by atoms with van der Waals surface area (Å²) >= 11 is 1.76. The fraction of sp³-hybridized carbons (Fsp3) is 0. The zero-order valence-corrected chi connectivity index (χ0v) is 9.45. The summed E-state index contributed by atoms with van der Waals surface area (Å²) in [6.45, 7) is 0. The van der Waals surface area contributed by atoms with Crippen LogP contribution < -0.4 is 5.32 Å². The molecule has 0 fully saturated rings. The summed E-state index contributed by atoms with van der Waals surface area (Å²) in [5.74, 6) is 0. The molecule has 0 aliphatic carbocycles. The summed E-state index contributed by atoms with van der Waals surface area (Å²) in [5.41, 5.74) is 2.30. The summed E-state index contributed by atoms with van der Waals surface area (Å²) in [7, 11) is 0. The number of nitrogens with zero attached hydrogens (tertiary/aromatic N) is 1. The van der Waals surface area contributed by atoms with Gasteiger partial charge in [0.05, 0.1) is 5.69 Å². The van der Waals surface area contributed by atoms with Crippen LogP contribution in [-0.2, 0) is 0 Å². The number of hydrogen-bond acceptors (Lipinski definition) is 1. The molecule has 3 rings (SSSR count). The highest BCUT2D eigenvalue weighted by molar-refractivity contribution is 8.08. The van der Waals surface area contributed by atoms with Crippen molar-refractivity contribution in [2.75, 3.05) is 0 Å². The molecule has 0 amide bonds. The van der Waals surface area contributed by atoms with Gasteiger partial charge in [-0.05, 0) is 18.2 Å². The van der Waals surface area contributed by atoms with Crippen molar-refractivity contribution in [2.24, 2.45) is 0 Å². The van der Waals surface area contributed by atoms with Gasteiger partial charge in [-0.25, -0.2) is 0 Å². The van der Waals surface area contributed by atoms with Gasteiger partial charge in [0, 0.05) is 21.6 Å². The first-order chi connectivity index (χ1) is 7.93. The fourth-order valence-electron chi connectivity index (χ4n) is 1.69. The Morgan fingerprint density at radius 1 is 0.812 bits per heavy atom. The van der Waals surface area contributed by atoms with Crippen molar-refractivity contribution in [1.82, 2.24) is 5.32 Å².